The predicted octanol–water partition coefficient (Wildman–Crippen LogP) is 4.37. The Morgan fingerprint density at radius 1 is 1.08 bits per heavy atom. The summed E-state index contributed by atoms with van der Waals surface area (Å²) in [6.45, 7) is 0.285. The Morgan fingerprint density at radius 3 is 2.58 bits per heavy atom. The van der Waals surface area contributed by atoms with Crippen LogP contribution in [0.25, 0.3) is 0 Å². The summed E-state index contributed by atoms with van der Waals surface area (Å²) in [5.74, 6) is 0.0841. The third-order valence-electron chi connectivity index (χ3n) is 3.27. The van der Waals surface area contributed by atoms with Crippen LogP contribution in [0.1, 0.15) is 5.56 Å². The molecule has 2 aromatic carbocycles. The zero-order valence-electron chi connectivity index (χ0n) is 12.5. The lowest BCUT2D eigenvalue weighted by molar-refractivity contribution is 0.262. The molecular formula is C17H14ClFN4O. The molecule has 1 heterocycles. The van der Waals surface area contributed by atoms with Gasteiger partial charge in [0, 0.05) is 28.5 Å². The van der Waals surface area contributed by atoms with Gasteiger partial charge < -0.3 is 5.32 Å². The van der Waals surface area contributed by atoms with Crippen LogP contribution >= 0.6 is 11.6 Å². The van der Waals surface area contributed by atoms with E-state index in [4.69, 9.17) is 11.6 Å². The quantitative estimate of drug-likeness (QED) is 0.738. The van der Waals surface area contributed by atoms with Gasteiger partial charge in [-0.3, -0.25) is 10.00 Å². The fraction of sp³-hybridized carbons (Fsp3) is 0.0588. The van der Waals surface area contributed by atoms with Crippen molar-refractivity contribution in [2.75, 3.05) is 10.6 Å². The molecule has 3 aromatic rings. The Labute approximate surface area is 143 Å². The van der Waals surface area contributed by atoms with Crippen LogP contribution in [0, 0.1) is 5.82 Å². The molecular weight excluding hydrogens is 331 g/mol. The van der Waals surface area contributed by atoms with Crippen molar-refractivity contribution >= 4 is 29.1 Å². The van der Waals surface area contributed by atoms with Gasteiger partial charge in [0.15, 0.2) is 5.82 Å². The summed E-state index contributed by atoms with van der Waals surface area (Å²) in [5.41, 5.74) is 1.14. The molecule has 0 saturated carbocycles. The number of carbonyl (C=O) groups is 1. The molecule has 5 nitrogen and oxygen atoms in total. The molecule has 0 saturated heterocycles. The summed E-state index contributed by atoms with van der Waals surface area (Å²) in [7, 11) is 0. The Hall–Kier alpha value is -2.86. The van der Waals surface area contributed by atoms with Crippen LogP contribution in [-0.2, 0) is 6.54 Å². The van der Waals surface area contributed by atoms with Crippen LogP contribution in [-0.4, -0.2) is 15.8 Å². The third kappa shape index (κ3) is 4.11. The number of urea groups is 1. The number of benzene rings is 2. The lowest BCUT2D eigenvalue weighted by atomic mass is 10.2. The van der Waals surface area contributed by atoms with Crippen molar-refractivity contribution in [3.8, 4) is 0 Å². The molecule has 0 aliphatic heterocycles. The molecule has 0 radical (unpaired) electrons. The van der Waals surface area contributed by atoms with E-state index >= 15 is 0 Å². The van der Waals surface area contributed by atoms with Crippen LogP contribution in [0.3, 0.4) is 0 Å². The molecule has 0 bridgehead atoms. The monoisotopic (exact) mass is 344 g/mol. The van der Waals surface area contributed by atoms with Crippen LogP contribution in [0.5, 0.6) is 0 Å². The van der Waals surface area contributed by atoms with Crippen LogP contribution in [0.2, 0.25) is 5.02 Å². The molecule has 0 unspecified atom stereocenters. The summed E-state index contributed by atoms with van der Waals surface area (Å²) < 4.78 is 15.2. The number of carbonyl (C=O) groups excluding carboxylic acids is 1. The first-order valence-corrected chi connectivity index (χ1v) is 7.58. The van der Waals surface area contributed by atoms with Crippen molar-refractivity contribution in [2.45, 2.75) is 6.54 Å². The molecule has 2 amide bonds. The summed E-state index contributed by atoms with van der Waals surface area (Å²) >= 11 is 5.79. The Bertz CT molecular complexity index is 848. The zero-order chi connectivity index (χ0) is 16.9. The van der Waals surface area contributed by atoms with Gasteiger partial charge in [-0.05, 0) is 30.3 Å². The van der Waals surface area contributed by atoms with E-state index in [9.17, 15) is 9.18 Å². The fourth-order valence-electron chi connectivity index (χ4n) is 2.13. The number of nitrogens with one attached hydrogen (secondary N) is 2. The van der Waals surface area contributed by atoms with E-state index < -0.39 is 6.03 Å². The lowest BCUT2D eigenvalue weighted by Gasteiger charge is -2.06. The third-order valence-corrected chi connectivity index (χ3v) is 3.53. The second-order valence-electron chi connectivity index (χ2n) is 5.08. The first-order valence-electron chi connectivity index (χ1n) is 7.20. The van der Waals surface area contributed by atoms with Crippen LogP contribution < -0.4 is 10.6 Å². The summed E-state index contributed by atoms with van der Waals surface area (Å²) in [6, 6.07) is 14.5. The van der Waals surface area contributed by atoms with Crippen LogP contribution in [0.4, 0.5) is 20.7 Å². The minimum absolute atomic E-state index is 0.285. The van der Waals surface area contributed by atoms with Gasteiger partial charge in [-0.2, -0.15) is 5.10 Å². The first kappa shape index (κ1) is 16.0. The summed E-state index contributed by atoms with van der Waals surface area (Å²) in [5, 5.41) is 10.1. The van der Waals surface area contributed by atoms with Gasteiger partial charge in [-0.1, -0.05) is 29.8 Å². The van der Waals surface area contributed by atoms with Gasteiger partial charge in [0.05, 0.1) is 6.54 Å². The molecule has 7 heteroatoms. The van der Waals surface area contributed by atoms with E-state index in [1.807, 2.05) is 0 Å². The molecule has 2 N–H and O–H groups in total. The van der Waals surface area contributed by atoms with Crippen molar-refractivity contribution < 1.29 is 9.18 Å². The number of hydrogen-bond acceptors (Lipinski definition) is 2. The minimum Gasteiger partial charge on any atom is -0.308 e. The number of nitrogens with zero attached hydrogens (tertiary/aromatic N) is 2. The van der Waals surface area contributed by atoms with E-state index in [1.165, 1.54) is 6.07 Å². The molecule has 0 fully saturated rings. The smallest absolute Gasteiger partial charge is 0.308 e. The van der Waals surface area contributed by atoms with Gasteiger partial charge in [0.1, 0.15) is 5.82 Å². The van der Waals surface area contributed by atoms with E-state index in [0.717, 1.165) is 0 Å². The first-order chi connectivity index (χ1) is 11.6. The highest BCUT2D eigenvalue weighted by molar-refractivity contribution is 6.30. The lowest BCUT2D eigenvalue weighted by Crippen LogP contribution is -2.19. The van der Waals surface area contributed by atoms with E-state index in [-0.39, 0.29) is 12.4 Å². The second-order valence-corrected chi connectivity index (χ2v) is 5.51. The predicted molar refractivity (Wildman–Crippen MR) is 91.8 cm³/mol. The number of aromatic nitrogens is 2. The molecule has 0 spiro atoms. The maximum atomic E-state index is 13.6. The van der Waals surface area contributed by atoms with Crippen molar-refractivity contribution in [2.24, 2.45) is 0 Å². The maximum absolute atomic E-state index is 13.6. The van der Waals surface area contributed by atoms with Gasteiger partial charge in [0.25, 0.3) is 0 Å². The van der Waals surface area contributed by atoms with Crippen molar-refractivity contribution in [1.29, 1.82) is 0 Å². The van der Waals surface area contributed by atoms with Crippen molar-refractivity contribution in [3.05, 3.63) is 77.2 Å². The highest BCUT2D eigenvalue weighted by Crippen LogP contribution is 2.14. The van der Waals surface area contributed by atoms with E-state index in [2.05, 4.69) is 15.7 Å². The van der Waals surface area contributed by atoms with Crippen molar-refractivity contribution in [1.82, 2.24) is 9.78 Å². The normalized spacial score (nSPS) is 10.4. The van der Waals surface area contributed by atoms with Gasteiger partial charge >= 0.3 is 6.03 Å². The van der Waals surface area contributed by atoms with Gasteiger partial charge in [-0.15, -0.1) is 0 Å². The van der Waals surface area contributed by atoms with Gasteiger partial charge in [0.2, 0.25) is 0 Å². The molecule has 3 rings (SSSR count). The average Bonchev–Trinajstić information content (AvgIpc) is 2.99. The SMILES string of the molecule is O=C(Nc1ccc(Cl)cc1)Nc1ccn(Cc2ccccc2F)n1. The average molecular weight is 345 g/mol. The standard InChI is InChI=1S/C17H14ClFN4O/c18-13-5-7-14(8-6-13)20-17(24)21-16-9-10-23(22-16)11-12-3-1-2-4-15(12)19/h1-10H,11H2,(H2,20,21,22,24). The summed E-state index contributed by atoms with van der Waals surface area (Å²) in [4.78, 5) is 11.9. The number of rotatable bonds is 4. The molecule has 0 aliphatic rings. The maximum Gasteiger partial charge on any atom is 0.324 e. The summed E-state index contributed by atoms with van der Waals surface area (Å²) in [6.07, 6.45) is 1.67. The fourth-order valence-corrected chi connectivity index (χ4v) is 2.26. The largest absolute Gasteiger partial charge is 0.324 e. The van der Waals surface area contributed by atoms with Crippen molar-refractivity contribution in [3.63, 3.8) is 0 Å². The molecule has 122 valence electrons. The van der Waals surface area contributed by atoms with E-state index in [0.29, 0.717) is 22.1 Å². The Kier molecular flexibility index (Phi) is 4.77. The zero-order valence-corrected chi connectivity index (χ0v) is 13.3. The number of halogens is 2. The minimum atomic E-state index is -0.423. The highest BCUT2D eigenvalue weighted by atomic mass is 35.5. The topological polar surface area (TPSA) is 59.0 Å². The van der Waals surface area contributed by atoms with E-state index in [1.54, 1.807) is 59.4 Å². The number of hydrogen-bond donors (Lipinski definition) is 2. The number of amides is 2. The molecule has 24 heavy (non-hydrogen) atoms. The van der Waals surface area contributed by atoms with Gasteiger partial charge in [-0.25, -0.2) is 9.18 Å². The molecule has 0 atom stereocenters. The second kappa shape index (κ2) is 7.14. The number of anilines is 2. The molecule has 1 aromatic heterocycles. The Balaban J connectivity index is 1.60. The Morgan fingerprint density at radius 2 is 1.83 bits per heavy atom. The van der Waals surface area contributed by atoms with Crippen LogP contribution in [0.15, 0.2) is 60.8 Å². The highest BCUT2D eigenvalue weighted by Gasteiger charge is 2.07. The molecule has 0 aliphatic carbocycles.